The number of hydrogen-bond acceptors (Lipinski definition) is 4. The molecule has 1 aliphatic rings. The van der Waals surface area contributed by atoms with Gasteiger partial charge in [0.05, 0.1) is 11.7 Å². The third-order valence-electron chi connectivity index (χ3n) is 4.98. The number of hydrogen-bond donors (Lipinski definition) is 2. The van der Waals surface area contributed by atoms with Crippen LogP contribution in [0, 0.1) is 12.3 Å². The molecule has 1 atom stereocenters. The van der Waals surface area contributed by atoms with Crippen molar-refractivity contribution in [3.63, 3.8) is 0 Å². The summed E-state index contributed by atoms with van der Waals surface area (Å²) in [6.07, 6.45) is 2.60. The molecule has 1 saturated heterocycles. The van der Waals surface area contributed by atoms with E-state index in [9.17, 15) is 19.5 Å². The van der Waals surface area contributed by atoms with Crippen molar-refractivity contribution in [1.82, 2.24) is 4.90 Å². The maximum Gasteiger partial charge on any atom is 0.311 e. The van der Waals surface area contributed by atoms with Crippen molar-refractivity contribution >= 4 is 23.5 Å². The van der Waals surface area contributed by atoms with Crippen LogP contribution < -0.4 is 5.32 Å². The number of carboxylic acid groups (broad SMARTS) is 1. The van der Waals surface area contributed by atoms with Gasteiger partial charge in [-0.05, 0) is 56.5 Å². The number of nitrogens with zero attached hydrogens (tertiary/aromatic N) is 1. The van der Waals surface area contributed by atoms with Crippen molar-refractivity contribution in [2.24, 2.45) is 5.41 Å². The maximum atomic E-state index is 12.9. The Balaban J connectivity index is 1.79. The van der Waals surface area contributed by atoms with Gasteiger partial charge in [-0.2, -0.15) is 0 Å². The molecule has 2 N–H and O–H groups in total. The molecule has 0 bridgehead atoms. The lowest BCUT2D eigenvalue weighted by Gasteiger charge is -2.37. The summed E-state index contributed by atoms with van der Waals surface area (Å²) in [7, 11) is 0. The van der Waals surface area contributed by atoms with Gasteiger partial charge in [-0.25, -0.2) is 0 Å². The molecule has 2 aromatic rings. The molecule has 27 heavy (non-hydrogen) atoms. The summed E-state index contributed by atoms with van der Waals surface area (Å²) in [5.41, 5.74) is 0.792. The number of aryl methyl sites for hydroxylation is 1. The number of benzene rings is 1. The molecule has 7 nitrogen and oxygen atoms in total. The van der Waals surface area contributed by atoms with E-state index in [1.807, 2.05) is 6.92 Å². The number of piperidine rings is 1. The fraction of sp³-hybridized carbons (Fsp3) is 0.350. The second kappa shape index (κ2) is 7.26. The number of nitrogens with one attached hydrogen (secondary N) is 1. The molecule has 3 rings (SSSR count). The maximum absolute atomic E-state index is 12.9. The molecule has 1 aromatic heterocycles. The largest absolute Gasteiger partial charge is 0.481 e. The van der Waals surface area contributed by atoms with Crippen molar-refractivity contribution in [1.29, 1.82) is 0 Å². The van der Waals surface area contributed by atoms with Gasteiger partial charge in [0, 0.05) is 24.3 Å². The van der Waals surface area contributed by atoms with Crippen molar-refractivity contribution in [2.45, 2.75) is 26.7 Å². The van der Waals surface area contributed by atoms with E-state index in [4.69, 9.17) is 4.42 Å². The van der Waals surface area contributed by atoms with Crippen LogP contribution in [-0.4, -0.2) is 40.9 Å². The Labute approximate surface area is 157 Å². The van der Waals surface area contributed by atoms with Crippen molar-refractivity contribution in [3.8, 4) is 0 Å². The molecule has 0 saturated carbocycles. The molecule has 1 aromatic carbocycles. The van der Waals surface area contributed by atoms with Crippen molar-refractivity contribution in [3.05, 3.63) is 53.5 Å². The third kappa shape index (κ3) is 3.86. The Morgan fingerprint density at radius 3 is 2.70 bits per heavy atom. The molecule has 1 aliphatic heterocycles. The second-order valence-corrected chi connectivity index (χ2v) is 7.16. The molecule has 0 radical (unpaired) electrons. The Morgan fingerprint density at radius 2 is 2.04 bits per heavy atom. The summed E-state index contributed by atoms with van der Waals surface area (Å²) in [6.45, 7) is 4.18. The zero-order valence-corrected chi connectivity index (χ0v) is 15.3. The summed E-state index contributed by atoms with van der Waals surface area (Å²) < 4.78 is 5.08. The highest BCUT2D eigenvalue weighted by Crippen LogP contribution is 2.31. The molecule has 1 unspecified atom stereocenters. The fourth-order valence-corrected chi connectivity index (χ4v) is 3.25. The Bertz CT molecular complexity index is 875. The van der Waals surface area contributed by atoms with Gasteiger partial charge in [-0.1, -0.05) is 6.07 Å². The van der Waals surface area contributed by atoms with Crippen LogP contribution in [0.2, 0.25) is 0 Å². The van der Waals surface area contributed by atoms with Crippen LogP contribution in [0.15, 0.2) is 41.0 Å². The smallest absolute Gasteiger partial charge is 0.311 e. The van der Waals surface area contributed by atoms with E-state index in [1.165, 1.54) is 6.26 Å². The number of carboxylic acids is 1. The third-order valence-corrected chi connectivity index (χ3v) is 4.98. The average Bonchev–Trinajstić information content (AvgIpc) is 3.18. The zero-order valence-electron chi connectivity index (χ0n) is 15.3. The number of rotatable bonds is 4. The molecule has 0 aliphatic carbocycles. The van der Waals surface area contributed by atoms with E-state index in [0.29, 0.717) is 30.6 Å². The summed E-state index contributed by atoms with van der Waals surface area (Å²) in [4.78, 5) is 38.2. The van der Waals surface area contributed by atoms with Crippen LogP contribution >= 0.6 is 0 Å². The lowest BCUT2D eigenvalue weighted by molar-refractivity contribution is -0.150. The van der Waals surface area contributed by atoms with Gasteiger partial charge in [0.15, 0.2) is 5.76 Å². The highest BCUT2D eigenvalue weighted by atomic mass is 16.4. The molecule has 1 fully saturated rings. The number of aliphatic carboxylic acids is 1. The molecule has 0 spiro atoms. The molecular formula is C20H22N2O5. The SMILES string of the molecule is Cc1ccc(C(=O)N2CCCC(C)(C(=O)O)C2)cc1NC(=O)c1ccco1. The van der Waals surface area contributed by atoms with E-state index < -0.39 is 17.3 Å². The van der Waals surface area contributed by atoms with Gasteiger partial charge in [0.2, 0.25) is 0 Å². The molecule has 142 valence electrons. The minimum atomic E-state index is -0.936. The van der Waals surface area contributed by atoms with Gasteiger partial charge >= 0.3 is 5.97 Å². The van der Waals surface area contributed by atoms with Crippen LogP contribution in [0.25, 0.3) is 0 Å². The highest BCUT2D eigenvalue weighted by molar-refractivity contribution is 6.04. The Hall–Kier alpha value is -3.09. The van der Waals surface area contributed by atoms with E-state index in [0.717, 1.165) is 5.56 Å². The van der Waals surface area contributed by atoms with Crippen LogP contribution in [-0.2, 0) is 4.79 Å². The first-order valence-corrected chi connectivity index (χ1v) is 8.78. The molecule has 2 amide bonds. The first kappa shape index (κ1) is 18.7. The minimum absolute atomic E-state index is 0.170. The van der Waals surface area contributed by atoms with Crippen molar-refractivity contribution < 1.29 is 23.9 Å². The standard InChI is InChI=1S/C20H22N2O5/c1-13-6-7-14(11-15(13)21-17(23)16-5-3-10-27-16)18(24)22-9-4-8-20(2,12-22)19(25)26/h3,5-7,10-11H,4,8-9,12H2,1-2H3,(H,21,23)(H,25,26). The van der Waals surface area contributed by atoms with Gasteiger partial charge in [0.25, 0.3) is 11.8 Å². The molecule has 2 heterocycles. The predicted molar refractivity (Wildman–Crippen MR) is 98.7 cm³/mol. The summed E-state index contributed by atoms with van der Waals surface area (Å²) in [6, 6.07) is 8.24. The lowest BCUT2D eigenvalue weighted by atomic mass is 9.82. The summed E-state index contributed by atoms with van der Waals surface area (Å²) in [5.74, 6) is -1.35. The number of likely N-dealkylation sites (tertiary alicyclic amines) is 1. The molecular weight excluding hydrogens is 348 g/mol. The minimum Gasteiger partial charge on any atom is -0.481 e. The van der Waals surface area contributed by atoms with Gasteiger partial charge in [-0.3, -0.25) is 14.4 Å². The van der Waals surface area contributed by atoms with E-state index in [2.05, 4.69) is 5.32 Å². The van der Waals surface area contributed by atoms with Crippen molar-refractivity contribution in [2.75, 3.05) is 18.4 Å². The number of anilines is 1. The second-order valence-electron chi connectivity index (χ2n) is 7.16. The fourth-order valence-electron chi connectivity index (χ4n) is 3.25. The summed E-state index contributed by atoms with van der Waals surface area (Å²) in [5, 5.41) is 12.2. The van der Waals surface area contributed by atoms with E-state index in [1.54, 1.807) is 42.2 Å². The van der Waals surface area contributed by atoms with Gasteiger partial charge in [0.1, 0.15) is 0 Å². The Kier molecular flexibility index (Phi) is 5.03. The number of furan rings is 1. The summed E-state index contributed by atoms with van der Waals surface area (Å²) >= 11 is 0. The average molecular weight is 370 g/mol. The van der Waals surface area contributed by atoms with E-state index in [-0.39, 0.29) is 18.2 Å². The van der Waals surface area contributed by atoms with Gasteiger partial charge in [-0.15, -0.1) is 0 Å². The van der Waals surface area contributed by atoms with Crippen LogP contribution in [0.3, 0.4) is 0 Å². The normalized spacial score (nSPS) is 19.6. The highest BCUT2D eigenvalue weighted by Gasteiger charge is 2.39. The number of amides is 2. The lowest BCUT2D eigenvalue weighted by Crippen LogP contribution is -2.48. The number of carbonyl (C=O) groups excluding carboxylic acids is 2. The van der Waals surface area contributed by atoms with Crippen LogP contribution in [0.1, 0.15) is 46.2 Å². The van der Waals surface area contributed by atoms with E-state index >= 15 is 0 Å². The van der Waals surface area contributed by atoms with Crippen LogP contribution in [0.4, 0.5) is 5.69 Å². The topological polar surface area (TPSA) is 99.9 Å². The number of carbonyl (C=O) groups is 3. The zero-order chi connectivity index (χ0) is 19.6. The first-order chi connectivity index (χ1) is 12.8. The quantitative estimate of drug-likeness (QED) is 0.861. The predicted octanol–water partition coefficient (Wildman–Crippen LogP) is 3.17. The molecule has 7 heteroatoms. The van der Waals surface area contributed by atoms with Gasteiger partial charge < -0.3 is 19.7 Å². The Morgan fingerprint density at radius 1 is 1.26 bits per heavy atom. The van der Waals surface area contributed by atoms with Crippen LogP contribution in [0.5, 0.6) is 0 Å². The first-order valence-electron chi connectivity index (χ1n) is 8.78. The monoisotopic (exact) mass is 370 g/mol.